The number of piperidine rings is 1. The molecule has 2 aromatic rings. The average Bonchev–Trinajstić information content (AvgIpc) is 2.76. The van der Waals surface area contributed by atoms with E-state index in [9.17, 15) is 4.79 Å². The number of nitrogens with two attached hydrogens (primary N) is 1. The predicted octanol–water partition coefficient (Wildman–Crippen LogP) is 2.02. The summed E-state index contributed by atoms with van der Waals surface area (Å²) in [5.74, 6) is 1.98. The number of aromatic nitrogens is 2. The van der Waals surface area contributed by atoms with Gasteiger partial charge in [-0.3, -0.25) is 9.69 Å². The van der Waals surface area contributed by atoms with Crippen LogP contribution in [0.4, 0.5) is 0 Å². The minimum absolute atomic E-state index is 0.0115. The summed E-state index contributed by atoms with van der Waals surface area (Å²) in [5.41, 5.74) is 6.91. The highest BCUT2D eigenvalue weighted by Crippen LogP contribution is 2.26. The fraction of sp³-hybridized carbons (Fsp3) is 0.625. The summed E-state index contributed by atoms with van der Waals surface area (Å²) in [5, 5.41) is 0.748. The zero-order valence-corrected chi connectivity index (χ0v) is 14.3. The molecule has 2 atom stereocenters. The first-order valence-corrected chi connectivity index (χ1v) is 8.72. The molecule has 2 aromatic heterocycles. The molecule has 120 valence electrons. The minimum atomic E-state index is -0.0115. The van der Waals surface area contributed by atoms with E-state index in [1.54, 1.807) is 11.3 Å². The van der Waals surface area contributed by atoms with Crippen molar-refractivity contribution < 1.29 is 0 Å². The van der Waals surface area contributed by atoms with Gasteiger partial charge in [0.25, 0.3) is 5.56 Å². The van der Waals surface area contributed by atoms with Crippen molar-refractivity contribution in [3.05, 3.63) is 26.6 Å². The third-order valence-corrected chi connectivity index (χ3v) is 6.06. The number of H-pyrrole nitrogens is 1. The molecule has 1 aliphatic rings. The summed E-state index contributed by atoms with van der Waals surface area (Å²) >= 11 is 1.60. The van der Waals surface area contributed by atoms with Gasteiger partial charge < -0.3 is 10.7 Å². The van der Waals surface area contributed by atoms with Crippen LogP contribution < -0.4 is 11.3 Å². The van der Waals surface area contributed by atoms with Crippen molar-refractivity contribution in [1.29, 1.82) is 0 Å². The lowest BCUT2D eigenvalue weighted by Crippen LogP contribution is -2.42. The highest BCUT2D eigenvalue weighted by atomic mass is 32.1. The van der Waals surface area contributed by atoms with E-state index in [4.69, 9.17) is 5.73 Å². The quantitative estimate of drug-likeness (QED) is 0.907. The molecular weight excluding hydrogens is 296 g/mol. The highest BCUT2D eigenvalue weighted by Gasteiger charge is 2.25. The van der Waals surface area contributed by atoms with Gasteiger partial charge in [0, 0.05) is 11.4 Å². The van der Waals surface area contributed by atoms with Crippen LogP contribution in [0.5, 0.6) is 0 Å². The standard InChI is InChI=1S/C16H24N4OS/c1-9-4-5-20(7-12(9)6-17)8-13-18-15(21)14-10(2)11(3)22-16(14)19-13/h9,12H,4-8,17H2,1-3H3,(H,18,19,21). The zero-order valence-electron chi connectivity index (χ0n) is 13.5. The Labute approximate surface area is 134 Å². The summed E-state index contributed by atoms with van der Waals surface area (Å²) < 4.78 is 0. The van der Waals surface area contributed by atoms with Crippen molar-refractivity contribution in [3.8, 4) is 0 Å². The molecule has 22 heavy (non-hydrogen) atoms. The van der Waals surface area contributed by atoms with Gasteiger partial charge in [0.2, 0.25) is 0 Å². The van der Waals surface area contributed by atoms with Crippen molar-refractivity contribution in [2.45, 2.75) is 33.7 Å². The second-order valence-corrected chi connectivity index (χ2v) is 7.68. The molecule has 0 radical (unpaired) electrons. The van der Waals surface area contributed by atoms with E-state index >= 15 is 0 Å². The van der Waals surface area contributed by atoms with E-state index in [1.165, 1.54) is 4.88 Å². The molecule has 0 saturated carbocycles. The molecule has 3 heterocycles. The van der Waals surface area contributed by atoms with Crippen LogP contribution in [0.15, 0.2) is 4.79 Å². The van der Waals surface area contributed by atoms with Crippen molar-refractivity contribution in [2.75, 3.05) is 19.6 Å². The van der Waals surface area contributed by atoms with Gasteiger partial charge >= 0.3 is 0 Å². The molecule has 5 nitrogen and oxygen atoms in total. The largest absolute Gasteiger partial charge is 0.330 e. The van der Waals surface area contributed by atoms with Crippen molar-refractivity contribution in [3.63, 3.8) is 0 Å². The molecule has 0 aromatic carbocycles. The Morgan fingerprint density at radius 1 is 1.45 bits per heavy atom. The summed E-state index contributed by atoms with van der Waals surface area (Å²) in [6.07, 6.45) is 1.16. The van der Waals surface area contributed by atoms with E-state index in [1.807, 2.05) is 13.8 Å². The van der Waals surface area contributed by atoms with Gasteiger partial charge in [-0.2, -0.15) is 0 Å². The van der Waals surface area contributed by atoms with Gasteiger partial charge in [-0.25, -0.2) is 4.98 Å². The van der Waals surface area contributed by atoms with E-state index in [2.05, 4.69) is 21.8 Å². The van der Waals surface area contributed by atoms with Gasteiger partial charge in [-0.05, 0) is 50.8 Å². The number of rotatable bonds is 3. The first kappa shape index (κ1) is 15.6. The lowest BCUT2D eigenvalue weighted by atomic mass is 9.87. The van der Waals surface area contributed by atoms with Crippen LogP contribution in [0.2, 0.25) is 0 Å². The number of likely N-dealkylation sites (tertiary alicyclic amines) is 1. The summed E-state index contributed by atoms with van der Waals surface area (Å²) in [6.45, 7) is 9.76. The molecule has 2 unspecified atom stereocenters. The number of fused-ring (bicyclic) bond motifs is 1. The van der Waals surface area contributed by atoms with E-state index in [-0.39, 0.29) is 5.56 Å². The van der Waals surface area contributed by atoms with E-state index in [0.717, 1.165) is 47.7 Å². The first-order chi connectivity index (χ1) is 10.5. The highest BCUT2D eigenvalue weighted by molar-refractivity contribution is 7.18. The lowest BCUT2D eigenvalue weighted by Gasteiger charge is -2.36. The predicted molar refractivity (Wildman–Crippen MR) is 91.3 cm³/mol. The number of nitrogens with zero attached hydrogens (tertiary/aromatic N) is 2. The molecule has 1 aliphatic heterocycles. The molecule has 0 spiro atoms. The van der Waals surface area contributed by atoms with Crippen molar-refractivity contribution in [1.82, 2.24) is 14.9 Å². The average molecular weight is 320 g/mol. The second kappa shape index (κ2) is 6.10. The van der Waals surface area contributed by atoms with Crippen LogP contribution in [0.25, 0.3) is 10.2 Å². The molecule has 0 bridgehead atoms. The van der Waals surface area contributed by atoms with Gasteiger partial charge in [0.1, 0.15) is 10.7 Å². The Hall–Kier alpha value is -1.24. The van der Waals surface area contributed by atoms with Gasteiger partial charge in [0.15, 0.2) is 0 Å². The van der Waals surface area contributed by atoms with Crippen molar-refractivity contribution >= 4 is 21.6 Å². The topological polar surface area (TPSA) is 75.0 Å². The molecule has 3 N–H and O–H groups in total. The minimum Gasteiger partial charge on any atom is -0.330 e. The van der Waals surface area contributed by atoms with Gasteiger partial charge in [-0.1, -0.05) is 6.92 Å². The van der Waals surface area contributed by atoms with Gasteiger partial charge in [0.05, 0.1) is 11.9 Å². The Bertz CT molecular complexity index is 736. The molecular formula is C16H24N4OS. The normalized spacial score (nSPS) is 23.3. The Kier molecular flexibility index (Phi) is 4.34. The number of nitrogens with one attached hydrogen (secondary N) is 1. The number of hydrogen-bond acceptors (Lipinski definition) is 5. The summed E-state index contributed by atoms with van der Waals surface area (Å²) in [7, 11) is 0. The number of aryl methyl sites for hydroxylation is 2. The molecule has 0 amide bonds. The maximum Gasteiger partial charge on any atom is 0.259 e. The van der Waals surface area contributed by atoms with Crippen LogP contribution in [0.1, 0.15) is 29.6 Å². The molecule has 1 fully saturated rings. The van der Waals surface area contributed by atoms with Crippen molar-refractivity contribution in [2.24, 2.45) is 17.6 Å². The first-order valence-electron chi connectivity index (χ1n) is 7.91. The summed E-state index contributed by atoms with van der Waals surface area (Å²) in [4.78, 5) is 24.3. The molecule has 0 aliphatic carbocycles. The van der Waals surface area contributed by atoms with Gasteiger partial charge in [-0.15, -0.1) is 11.3 Å². The Morgan fingerprint density at radius 2 is 2.23 bits per heavy atom. The molecule has 6 heteroatoms. The van der Waals surface area contributed by atoms with Crippen LogP contribution in [0, 0.1) is 25.7 Å². The Morgan fingerprint density at radius 3 is 2.95 bits per heavy atom. The molecule has 3 rings (SSSR count). The van der Waals surface area contributed by atoms with Crippen LogP contribution in [-0.4, -0.2) is 34.5 Å². The molecule has 1 saturated heterocycles. The zero-order chi connectivity index (χ0) is 15.9. The van der Waals surface area contributed by atoms with Crippen LogP contribution in [-0.2, 0) is 6.54 Å². The number of thiophene rings is 1. The smallest absolute Gasteiger partial charge is 0.259 e. The van der Waals surface area contributed by atoms with E-state index in [0.29, 0.717) is 18.4 Å². The number of hydrogen-bond donors (Lipinski definition) is 2. The fourth-order valence-corrected chi connectivity index (χ4v) is 4.31. The van der Waals surface area contributed by atoms with Crippen LogP contribution >= 0.6 is 11.3 Å². The Balaban J connectivity index is 1.84. The lowest BCUT2D eigenvalue weighted by molar-refractivity contribution is 0.123. The third-order valence-electron chi connectivity index (χ3n) is 4.96. The second-order valence-electron chi connectivity index (χ2n) is 6.47. The third kappa shape index (κ3) is 2.83. The van der Waals surface area contributed by atoms with E-state index < -0.39 is 0 Å². The SMILES string of the molecule is Cc1sc2nc(CN3CCC(C)C(CN)C3)[nH]c(=O)c2c1C. The monoisotopic (exact) mass is 320 g/mol. The summed E-state index contributed by atoms with van der Waals surface area (Å²) in [6, 6.07) is 0. The van der Waals surface area contributed by atoms with Crippen LogP contribution in [0.3, 0.4) is 0 Å². The fourth-order valence-electron chi connectivity index (χ4n) is 3.26. The number of aromatic amines is 1. The maximum absolute atomic E-state index is 12.3. The maximum atomic E-state index is 12.3.